The van der Waals surface area contributed by atoms with Crippen molar-refractivity contribution in [1.82, 2.24) is 0 Å². The second kappa shape index (κ2) is 3.85. The van der Waals surface area contributed by atoms with E-state index in [2.05, 4.69) is 41.1 Å². The number of benzene rings is 1. The van der Waals surface area contributed by atoms with Crippen LogP contribution in [0.2, 0.25) is 0 Å². The van der Waals surface area contributed by atoms with Crippen LogP contribution in [0.1, 0.15) is 49.7 Å². The van der Waals surface area contributed by atoms with E-state index in [1.54, 1.807) is 5.56 Å². The third-order valence-electron chi connectivity index (χ3n) is 5.82. The molecule has 0 atom stereocenters. The second-order valence-electron chi connectivity index (χ2n) is 7.16. The molecule has 96 valence electrons. The van der Waals surface area contributed by atoms with Crippen LogP contribution < -0.4 is 0 Å². The van der Waals surface area contributed by atoms with Gasteiger partial charge in [0.25, 0.3) is 0 Å². The van der Waals surface area contributed by atoms with Gasteiger partial charge in [-0.25, -0.2) is 0 Å². The van der Waals surface area contributed by atoms with Crippen molar-refractivity contribution in [3.05, 3.63) is 33.8 Å². The Labute approximate surface area is 118 Å². The summed E-state index contributed by atoms with van der Waals surface area (Å²) < 4.78 is 1.30. The fourth-order valence-corrected chi connectivity index (χ4v) is 5.77. The molecule has 4 fully saturated rings. The Morgan fingerprint density at radius 2 is 1.56 bits per heavy atom. The van der Waals surface area contributed by atoms with Crippen LogP contribution in [0.4, 0.5) is 0 Å². The largest absolute Gasteiger partial charge is 0.0581 e. The summed E-state index contributed by atoms with van der Waals surface area (Å²) in [6.45, 7) is 2.19. The van der Waals surface area contributed by atoms with Gasteiger partial charge in [-0.2, -0.15) is 0 Å². The smallest absolute Gasteiger partial charge is 0.0207 e. The Bertz CT molecular complexity index is 453. The van der Waals surface area contributed by atoms with Crippen molar-refractivity contribution in [2.75, 3.05) is 0 Å². The molecule has 0 saturated heterocycles. The lowest BCUT2D eigenvalue weighted by Gasteiger charge is -2.57. The molecule has 4 saturated carbocycles. The summed E-state index contributed by atoms with van der Waals surface area (Å²) in [7, 11) is 0. The zero-order chi connectivity index (χ0) is 12.3. The number of hydrogen-bond acceptors (Lipinski definition) is 0. The highest BCUT2D eigenvalue weighted by Crippen LogP contribution is 2.60. The zero-order valence-electron chi connectivity index (χ0n) is 11.1. The lowest BCUT2D eigenvalue weighted by Crippen LogP contribution is -2.48. The highest BCUT2D eigenvalue weighted by atomic mass is 79.9. The second-order valence-corrected chi connectivity index (χ2v) is 8.02. The average molecular weight is 305 g/mol. The Hall–Kier alpha value is -0.300. The lowest BCUT2D eigenvalue weighted by molar-refractivity contribution is -0.00521. The van der Waals surface area contributed by atoms with E-state index in [1.807, 2.05) is 0 Å². The van der Waals surface area contributed by atoms with E-state index in [0.29, 0.717) is 5.41 Å². The van der Waals surface area contributed by atoms with Gasteiger partial charge in [0, 0.05) is 4.47 Å². The van der Waals surface area contributed by atoms with Crippen LogP contribution in [0.25, 0.3) is 0 Å². The summed E-state index contributed by atoms with van der Waals surface area (Å²) in [5.41, 5.74) is 3.54. The zero-order valence-corrected chi connectivity index (χ0v) is 12.7. The summed E-state index contributed by atoms with van der Waals surface area (Å²) in [5, 5.41) is 0. The van der Waals surface area contributed by atoms with Crippen LogP contribution in [0.5, 0.6) is 0 Å². The summed E-state index contributed by atoms with van der Waals surface area (Å²) >= 11 is 3.73. The van der Waals surface area contributed by atoms with E-state index in [1.165, 1.54) is 48.6 Å². The maximum Gasteiger partial charge on any atom is 0.0207 e. The number of hydrogen-bond donors (Lipinski definition) is 0. The number of aryl methyl sites for hydroxylation is 1. The highest BCUT2D eigenvalue weighted by Gasteiger charge is 2.51. The van der Waals surface area contributed by atoms with Crippen LogP contribution in [0.3, 0.4) is 0 Å². The molecule has 4 bridgehead atoms. The van der Waals surface area contributed by atoms with Gasteiger partial charge in [-0.15, -0.1) is 0 Å². The maximum absolute atomic E-state index is 3.73. The minimum atomic E-state index is 0.547. The molecule has 0 spiro atoms. The van der Waals surface area contributed by atoms with Gasteiger partial charge in [0.1, 0.15) is 0 Å². The van der Waals surface area contributed by atoms with Gasteiger partial charge in [0.05, 0.1) is 0 Å². The first kappa shape index (κ1) is 11.5. The number of halogens is 1. The molecule has 0 heterocycles. The summed E-state index contributed by atoms with van der Waals surface area (Å²) in [4.78, 5) is 0. The molecule has 0 radical (unpaired) electrons. The molecule has 18 heavy (non-hydrogen) atoms. The third kappa shape index (κ3) is 1.62. The van der Waals surface area contributed by atoms with Crippen LogP contribution >= 0.6 is 15.9 Å². The van der Waals surface area contributed by atoms with Crippen molar-refractivity contribution in [1.29, 1.82) is 0 Å². The fraction of sp³-hybridized carbons (Fsp3) is 0.647. The summed E-state index contributed by atoms with van der Waals surface area (Å²) in [6, 6.07) is 7.13. The molecule has 0 unspecified atom stereocenters. The molecule has 0 nitrogen and oxygen atoms in total. The highest BCUT2D eigenvalue weighted by molar-refractivity contribution is 9.10. The molecule has 0 N–H and O–H groups in total. The quantitative estimate of drug-likeness (QED) is 0.667. The van der Waals surface area contributed by atoms with Crippen LogP contribution in [-0.4, -0.2) is 0 Å². The minimum absolute atomic E-state index is 0.547. The van der Waals surface area contributed by atoms with E-state index < -0.39 is 0 Å². The molecule has 0 aromatic heterocycles. The maximum atomic E-state index is 3.73. The Morgan fingerprint density at radius 3 is 2.06 bits per heavy atom. The van der Waals surface area contributed by atoms with Crippen molar-refractivity contribution in [3.63, 3.8) is 0 Å². The molecular formula is C17H21Br. The molecule has 4 aliphatic rings. The predicted molar refractivity (Wildman–Crippen MR) is 78.7 cm³/mol. The first-order chi connectivity index (χ1) is 8.64. The van der Waals surface area contributed by atoms with Gasteiger partial charge < -0.3 is 0 Å². The molecule has 1 aromatic rings. The van der Waals surface area contributed by atoms with Gasteiger partial charge in [-0.05, 0) is 85.8 Å². The Kier molecular flexibility index (Phi) is 2.46. The van der Waals surface area contributed by atoms with Crippen LogP contribution in [-0.2, 0) is 5.41 Å². The molecule has 5 rings (SSSR count). The summed E-state index contributed by atoms with van der Waals surface area (Å²) in [5.74, 6) is 3.11. The van der Waals surface area contributed by atoms with E-state index in [0.717, 1.165) is 17.8 Å². The normalized spacial score (nSPS) is 41.3. The first-order valence-electron chi connectivity index (χ1n) is 7.41. The van der Waals surface area contributed by atoms with Crippen molar-refractivity contribution in [3.8, 4) is 0 Å². The van der Waals surface area contributed by atoms with E-state index in [-0.39, 0.29) is 0 Å². The van der Waals surface area contributed by atoms with Crippen molar-refractivity contribution >= 4 is 15.9 Å². The fourth-order valence-electron chi connectivity index (χ4n) is 5.39. The monoisotopic (exact) mass is 304 g/mol. The molecule has 0 aliphatic heterocycles. The van der Waals surface area contributed by atoms with E-state index >= 15 is 0 Å². The van der Waals surface area contributed by atoms with Crippen molar-refractivity contribution < 1.29 is 0 Å². The van der Waals surface area contributed by atoms with Gasteiger partial charge in [0.2, 0.25) is 0 Å². The van der Waals surface area contributed by atoms with Gasteiger partial charge >= 0.3 is 0 Å². The third-order valence-corrected chi connectivity index (χ3v) is 6.68. The molecule has 1 aromatic carbocycles. The van der Waals surface area contributed by atoms with Crippen molar-refractivity contribution in [2.45, 2.75) is 50.9 Å². The lowest BCUT2D eigenvalue weighted by atomic mass is 9.48. The first-order valence-corrected chi connectivity index (χ1v) is 8.20. The summed E-state index contributed by atoms with van der Waals surface area (Å²) in [6.07, 6.45) is 9.00. The van der Waals surface area contributed by atoms with E-state index in [9.17, 15) is 0 Å². The number of rotatable bonds is 1. The Balaban J connectivity index is 1.76. The minimum Gasteiger partial charge on any atom is -0.0581 e. The SMILES string of the molecule is Cc1ccc(C23CC4CC(CC(C4)C2)C3)cc1Br. The average Bonchev–Trinajstić information content (AvgIpc) is 2.31. The molecular weight excluding hydrogens is 284 g/mol. The van der Waals surface area contributed by atoms with E-state index in [4.69, 9.17) is 0 Å². The van der Waals surface area contributed by atoms with Gasteiger partial charge in [0.15, 0.2) is 0 Å². The van der Waals surface area contributed by atoms with Gasteiger partial charge in [-0.3, -0.25) is 0 Å². The predicted octanol–water partition coefficient (Wildman–Crippen LogP) is 5.23. The standard InChI is InChI=1S/C17H21Br/c1-11-2-3-15(7-16(11)18)17-8-12-4-13(9-17)6-14(5-12)10-17/h2-3,7,12-14H,4-6,8-10H2,1H3. The van der Waals surface area contributed by atoms with Crippen molar-refractivity contribution in [2.24, 2.45) is 17.8 Å². The van der Waals surface area contributed by atoms with Crippen LogP contribution in [0, 0.1) is 24.7 Å². The molecule has 4 aliphatic carbocycles. The van der Waals surface area contributed by atoms with Crippen LogP contribution in [0.15, 0.2) is 22.7 Å². The Morgan fingerprint density at radius 1 is 1.00 bits per heavy atom. The molecule has 1 heteroatoms. The molecule has 0 amide bonds. The topological polar surface area (TPSA) is 0 Å². The van der Waals surface area contributed by atoms with Gasteiger partial charge in [-0.1, -0.05) is 28.1 Å².